The van der Waals surface area contributed by atoms with Gasteiger partial charge in [0.05, 0.1) is 12.2 Å². The zero-order chi connectivity index (χ0) is 14.1. The number of nitrogens with zero attached hydrogens (tertiary/aromatic N) is 7. The molecule has 4 rings (SSSR count). The van der Waals surface area contributed by atoms with E-state index in [0.29, 0.717) is 11.9 Å². The van der Waals surface area contributed by atoms with Gasteiger partial charge in [-0.25, -0.2) is 4.68 Å². The molecule has 0 radical (unpaired) electrons. The number of tetrazole rings is 1. The molecule has 8 nitrogen and oxygen atoms in total. The number of hydrogen-bond donors (Lipinski definition) is 0. The van der Waals surface area contributed by atoms with E-state index in [1.54, 1.807) is 0 Å². The highest BCUT2D eigenvalue weighted by atomic mass is 16.7. The lowest BCUT2D eigenvalue weighted by molar-refractivity contribution is 0.0674. The molecule has 3 aromatic rings. The van der Waals surface area contributed by atoms with Crippen molar-refractivity contribution in [3.8, 4) is 11.4 Å². The van der Waals surface area contributed by atoms with E-state index in [9.17, 15) is 0 Å². The monoisotopic (exact) mass is 283 g/mol. The Bertz CT molecular complexity index is 732. The quantitative estimate of drug-likeness (QED) is 0.691. The molecular formula is C13H13N7O. The second kappa shape index (κ2) is 4.97. The highest BCUT2D eigenvalue weighted by Gasteiger charge is 2.24. The van der Waals surface area contributed by atoms with Gasteiger partial charge in [-0.3, -0.25) is 0 Å². The molecule has 0 atom stereocenters. The standard InChI is InChI=1S/C13H13N7O/c1-2-4-10(5-3-1)13-15-16-18-20(13)21-9-11-8-19(17-14-11)12-6-7-12/h1-5,8,12H,6-7,9H2. The Hall–Kier alpha value is -2.77. The van der Waals surface area contributed by atoms with Gasteiger partial charge in [0.25, 0.3) is 0 Å². The molecule has 0 saturated heterocycles. The molecule has 2 heterocycles. The fourth-order valence-corrected chi connectivity index (χ4v) is 2.05. The number of aromatic nitrogens is 7. The summed E-state index contributed by atoms with van der Waals surface area (Å²) >= 11 is 0. The lowest BCUT2D eigenvalue weighted by atomic mass is 10.2. The van der Waals surface area contributed by atoms with Gasteiger partial charge in [-0.15, -0.1) is 10.2 Å². The van der Waals surface area contributed by atoms with E-state index in [4.69, 9.17) is 4.84 Å². The lowest BCUT2D eigenvalue weighted by Gasteiger charge is -2.04. The zero-order valence-corrected chi connectivity index (χ0v) is 11.2. The van der Waals surface area contributed by atoms with Crippen molar-refractivity contribution >= 4 is 0 Å². The van der Waals surface area contributed by atoms with Crippen LogP contribution in [-0.2, 0) is 6.61 Å². The summed E-state index contributed by atoms with van der Waals surface area (Å²) in [6.07, 6.45) is 4.26. The molecule has 0 N–H and O–H groups in total. The summed E-state index contributed by atoms with van der Waals surface area (Å²) in [5.41, 5.74) is 1.65. The Morgan fingerprint density at radius 2 is 1.95 bits per heavy atom. The molecular weight excluding hydrogens is 270 g/mol. The van der Waals surface area contributed by atoms with Crippen LogP contribution in [0.1, 0.15) is 24.6 Å². The molecule has 106 valence electrons. The number of rotatable bonds is 5. The van der Waals surface area contributed by atoms with Gasteiger partial charge in [-0.05, 0) is 23.3 Å². The van der Waals surface area contributed by atoms with Gasteiger partial charge in [0.15, 0.2) is 6.61 Å². The fraction of sp³-hybridized carbons (Fsp3) is 0.308. The molecule has 21 heavy (non-hydrogen) atoms. The minimum Gasteiger partial charge on any atom is -0.387 e. The molecule has 1 aromatic carbocycles. The van der Waals surface area contributed by atoms with Crippen LogP contribution in [0.4, 0.5) is 0 Å². The van der Waals surface area contributed by atoms with Crippen molar-refractivity contribution in [1.29, 1.82) is 0 Å². The number of benzene rings is 1. The van der Waals surface area contributed by atoms with Crippen LogP contribution in [0.5, 0.6) is 0 Å². The summed E-state index contributed by atoms with van der Waals surface area (Å²) in [6, 6.07) is 10.2. The minimum atomic E-state index is 0.275. The summed E-state index contributed by atoms with van der Waals surface area (Å²) in [6.45, 7) is 0.275. The molecule has 1 fully saturated rings. The zero-order valence-electron chi connectivity index (χ0n) is 11.2. The van der Waals surface area contributed by atoms with Crippen molar-refractivity contribution in [2.24, 2.45) is 0 Å². The predicted molar refractivity (Wildman–Crippen MR) is 71.8 cm³/mol. The molecule has 0 aliphatic heterocycles. The van der Waals surface area contributed by atoms with Gasteiger partial charge in [-0.2, -0.15) is 0 Å². The summed E-state index contributed by atoms with van der Waals surface area (Å²) in [7, 11) is 0. The third-order valence-corrected chi connectivity index (χ3v) is 3.29. The molecule has 8 heteroatoms. The normalized spacial score (nSPS) is 14.3. The predicted octanol–water partition coefficient (Wildman–Crippen LogP) is 0.895. The van der Waals surface area contributed by atoms with Gasteiger partial charge in [0.1, 0.15) is 5.69 Å². The minimum absolute atomic E-state index is 0.275. The Balaban J connectivity index is 1.48. The Kier molecular flexibility index (Phi) is 2.84. The van der Waals surface area contributed by atoms with Crippen LogP contribution in [0.3, 0.4) is 0 Å². The first-order chi connectivity index (χ1) is 10.4. The van der Waals surface area contributed by atoms with Gasteiger partial charge in [0, 0.05) is 5.56 Å². The first-order valence-corrected chi connectivity index (χ1v) is 6.78. The summed E-state index contributed by atoms with van der Waals surface area (Å²) in [5.74, 6) is 0.560. The van der Waals surface area contributed by atoms with Crippen LogP contribution in [0, 0.1) is 0 Å². The molecule has 2 aromatic heterocycles. The van der Waals surface area contributed by atoms with Crippen LogP contribution < -0.4 is 4.84 Å². The van der Waals surface area contributed by atoms with E-state index in [2.05, 4.69) is 25.8 Å². The molecule has 0 unspecified atom stereocenters. The molecule has 1 aliphatic carbocycles. The van der Waals surface area contributed by atoms with Crippen molar-refractivity contribution < 1.29 is 4.84 Å². The summed E-state index contributed by atoms with van der Waals surface area (Å²) in [4.78, 5) is 6.91. The first-order valence-electron chi connectivity index (χ1n) is 6.78. The van der Waals surface area contributed by atoms with Crippen molar-refractivity contribution in [1.82, 2.24) is 35.4 Å². The van der Waals surface area contributed by atoms with Crippen molar-refractivity contribution in [3.05, 3.63) is 42.2 Å². The molecule has 0 bridgehead atoms. The Morgan fingerprint density at radius 1 is 1.10 bits per heavy atom. The molecule has 1 saturated carbocycles. The third kappa shape index (κ3) is 2.47. The maximum absolute atomic E-state index is 5.60. The van der Waals surface area contributed by atoms with E-state index in [1.165, 1.54) is 17.7 Å². The maximum atomic E-state index is 5.60. The van der Waals surface area contributed by atoms with Gasteiger partial charge in [-0.1, -0.05) is 40.4 Å². The topological polar surface area (TPSA) is 83.5 Å². The van der Waals surface area contributed by atoms with Crippen LogP contribution in [0.25, 0.3) is 11.4 Å². The molecule has 0 amide bonds. The highest BCUT2D eigenvalue weighted by Crippen LogP contribution is 2.33. The molecule has 1 aliphatic rings. The SMILES string of the molecule is c1ccc(-c2nnnn2OCc2cn(C3CC3)nn2)cc1. The van der Waals surface area contributed by atoms with Gasteiger partial charge >= 0.3 is 0 Å². The second-order valence-corrected chi connectivity index (χ2v) is 4.94. The first kappa shape index (κ1) is 12.0. The van der Waals surface area contributed by atoms with Crippen LogP contribution in [0.15, 0.2) is 36.5 Å². The summed E-state index contributed by atoms with van der Waals surface area (Å²) < 4.78 is 1.89. The maximum Gasteiger partial charge on any atom is 0.222 e. The largest absolute Gasteiger partial charge is 0.387 e. The number of hydrogen-bond acceptors (Lipinski definition) is 6. The fourth-order valence-electron chi connectivity index (χ4n) is 2.05. The lowest BCUT2D eigenvalue weighted by Crippen LogP contribution is -2.14. The third-order valence-electron chi connectivity index (χ3n) is 3.29. The van der Waals surface area contributed by atoms with Gasteiger partial charge < -0.3 is 4.84 Å². The average molecular weight is 283 g/mol. The van der Waals surface area contributed by atoms with E-state index in [-0.39, 0.29) is 6.61 Å². The van der Waals surface area contributed by atoms with Crippen LogP contribution in [-0.4, -0.2) is 35.4 Å². The van der Waals surface area contributed by atoms with Crippen molar-refractivity contribution in [3.63, 3.8) is 0 Å². The highest BCUT2D eigenvalue weighted by molar-refractivity contribution is 5.53. The summed E-state index contributed by atoms with van der Waals surface area (Å²) in [5, 5.41) is 19.6. The van der Waals surface area contributed by atoms with Crippen molar-refractivity contribution in [2.45, 2.75) is 25.5 Å². The van der Waals surface area contributed by atoms with Gasteiger partial charge in [0.2, 0.25) is 5.82 Å². The van der Waals surface area contributed by atoms with Crippen LogP contribution >= 0.6 is 0 Å². The molecule has 0 spiro atoms. The van der Waals surface area contributed by atoms with Crippen molar-refractivity contribution in [2.75, 3.05) is 0 Å². The average Bonchev–Trinajstić information content (AvgIpc) is 3.10. The van der Waals surface area contributed by atoms with Crippen LogP contribution in [0.2, 0.25) is 0 Å². The van der Waals surface area contributed by atoms with E-state index in [0.717, 1.165) is 11.3 Å². The van der Waals surface area contributed by atoms with E-state index in [1.807, 2.05) is 41.2 Å². The Labute approximate surface area is 120 Å². The Morgan fingerprint density at radius 3 is 2.76 bits per heavy atom. The second-order valence-electron chi connectivity index (χ2n) is 4.94. The van der Waals surface area contributed by atoms with E-state index < -0.39 is 0 Å². The smallest absolute Gasteiger partial charge is 0.222 e. The van der Waals surface area contributed by atoms with E-state index >= 15 is 0 Å².